The Labute approximate surface area is 201 Å². The standard InChI is InChI=1S/C24H26ClF3N4O2/c25-20-13-18(24(26,27)28)15-29-22(20)31-10-7-17(8-11-31)23(34)30-14-16-4-3-5-19(12-16)32-9-2-1-6-21(32)33/h3-5,12-13,15,17H,1-2,6-11,14H2,(H,30,34). The number of aromatic nitrogens is 1. The fourth-order valence-electron chi connectivity index (χ4n) is 4.42. The van der Waals surface area contributed by atoms with Crippen molar-refractivity contribution in [3.8, 4) is 0 Å². The van der Waals surface area contributed by atoms with E-state index in [2.05, 4.69) is 10.3 Å². The molecule has 34 heavy (non-hydrogen) atoms. The molecule has 2 aromatic rings. The van der Waals surface area contributed by atoms with Crippen LogP contribution in [0.3, 0.4) is 0 Å². The van der Waals surface area contributed by atoms with Crippen molar-refractivity contribution in [2.75, 3.05) is 29.4 Å². The third kappa shape index (κ3) is 5.63. The molecule has 0 radical (unpaired) electrons. The van der Waals surface area contributed by atoms with Gasteiger partial charge < -0.3 is 15.1 Å². The van der Waals surface area contributed by atoms with Gasteiger partial charge in [0.15, 0.2) is 0 Å². The zero-order chi connectivity index (χ0) is 24.3. The Morgan fingerprint density at radius 1 is 1.15 bits per heavy atom. The highest BCUT2D eigenvalue weighted by atomic mass is 35.5. The van der Waals surface area contributed by atoms with Gasteiger partial charge in [0.25, 0.3) is 0 Å². The summed E-state index contributed by atoms with van der Waals surface area (Å²) in [6, 6.07) is 8.53. The van der Waals surface area contributed by atoms with Gasteiger partial charge in [0.05, 0.1) is 10.6 Å². The Balaban J connectivity index is 1.30. The van der Waals surface area contributed by atoms with Gasteiger partial charge in [0.1, 0.15) is 5.82 Å². The molecule has 0 aliphatic carbocycles. The predicted octanol–water partition coefficient (Wildman–Crippen LogP) is 4.80. The van der Waals surface area contributed by atoms with E-state index in [1.54, 1.807) is 4.90 Å². The Morgan fingerprint density at radius 2 is 1.91 bits per heavy atom. The summed E-state index contributed by atoms with van der Waals surface area (Å²) in [5, 5.41) is 2.92. The number of hydrogen-bond donors (Lipinski definition) is 1. The van der Waals surface area contributed by atoms with E-state index in [-0.39, 0.29) is 22.8 Å². The number of pyridine rings is 1. The maximum atomic E-state index is 12.8. The fraction of sp³-hybridized carbons (Fsp3) is 0.458. The number of nitrogens with zero attached hydrogens (tertiary/aromatic N) is 3. The second kappa shape index (κ2) is 10.2. The molecule has 182 valence electrons. The number of rotatable bonds is 5. The van der Waals surface area contributed by atoms with Gasteiger partial charge in [-0.05, 0) is 49.4 Å². The summed E-state index contributed by atoms with van der Waals surface area (Å²) >= 11 is 6.06. The first-order valence-electron chi connectivity index (χ1n) is 11.4. The molecule has 0 saturated carbocycles. The number of alkyl halides is 3. The van der Waals surface area contributed by atoms with Crippen LogP contribution in [0.25, 0.3) is 0 Å². The van der Waals surface area contributed by atoms with Crippen molar-refractivity contribution in [3.05, 3.63) is 52.7 Å². The van der Waals surface area contributed by atoms with Crippen LogP contribution in [0, 0.1) is 5.92 Å². The average molecular weight is 495 g/mol. The average Bonchev–Trinajstić information content (AvgIpc) is 2.82. The fourth-order valence-corrected chi connectivity index (χ4v) is 4.70. The highest BCUT2D eigenvalue weighted by Gasteiger charge is 2.33. The number of hydrogen-bond acceptors (Lipinski definition) is 4. The molecule has 1 N–H and O–H groups in total. The molecule has 1 aromatic carbocycles. The summed E-state index contributed by atoms with van der Waals surface area (Å²) in [4.78, 5) is 32.4. The van der Waals surface area contributed by atoms with Gasteiger partial charge in [-0.15, -0.1) is 0 Å². The van der Waals surface area contributed by atoms with Crippen molar-refractivity contribution >= 4 is 34.9 Å². The molecule has 6 nitrogen and oxygen atoms in total. The molecule has 4 rings (SSSR count). The monoisotopic (exact) mass is 494 g/mol. The Bertz CT molecular complexity index is 1050. The van der Waals surface area contributed by atoms with Crippen LogP contribution in [0.4, 0.5) is 24.7 Å². The Morgan fingerprint density at radius 3 is 2.59 bits per heavy atom. The first kappa shape index (κ1) is 24.3. The largest absolute Gasteiger partial charge is 0.417 e. The molecular weight excluding hydrogens is 469 g/mol. The van der Waals surface area contributed by atoms with Gasteiger partial charge in [-0.2, -0.15) is 13.2 Å². The minimum absolute atomic E-state index is 0.0511. The summed E-state index contributed by atoms with van der Waals surface area (Å²) in [5.74, 6) is 0.168. The molecule has 0 atom stereocenters. The number of anilines is 2. The van der Waals surface area contributed by atoms with Crippen molar-refractivity contribution in [2.24, 2.45) is 5.92 Å². The second-order valence-electron chi connectivity index (χ2n) is 8.68. The van der Waals surface area contributed by atoms with Crippen LogP contribution in [0.15, 0.2) is 36.5 Å². The van der Waals surface area contributed by atoms with Crippen molar-refractivity contribution in [1.82, 2.24) is 10.3 Å². The summed E-state index contributed by atoms with van der Waals surface area (Å²) < 4.78 is 38.5. The van der Waals surface area contributed by atoms with Crippen LogP contribution in [0.5, 0.6) is 0 Å². The molecule has 10 heteroatoms. The normalized spacial score (nSPS) is 17.7. The van der Waals surface area contributed by atoms with Crippen LogP contribution in [0.2, 0.25) is 5.02 Å². The molecule has 2 fully saturated rings. The lowest BCUT2D eigenvalue weighted by Gasteiger charge is -2.32. The number of nitrogens with one attached hydrogen (secondary N) is 1. The van der Waals surface area contributed by atoms with E-state index >= 15 is 0 Å². The highest BCUT2D eigenvalue weighted by molar-refractivity contribution is 6.33. The number of carbonyl (C=O) groups excluding carboxylic acids is 2. The van der Waals surface area contributed by atoms with Crippen LogP contribution in [-0.2, 0) is 22.3 Å². The van der Waals surface area contributed by atoms with E-state index in [1.807, 2.05) is 29.2 Å². The molecule has 2 amide bonds. The van der Waals surface area contributed by atoms with Gasteiger partial charge in [-0.3, -0.25) is 9.59 Å². The summed E-state index contributed by atoms with van der Waals surface area (Å²) in [5.41, 5.74) is 0.886. The molecule has 3 heterocycles. The molecule has 1 aromatic heterocycles. The van der Waals surface area contributed by atoms with E-state index in [0.717, 1.165) is 36.4 Å². The van der Waals surface area contributed by atoms with E-state index in [0.29, 0.717) is 51.3 Å². The van der Waals surface area contributed by atoms with E-state index in [9.17, 15) is 22.8 Å². The Kier molecular flexibility index (Phi) is 7.30. The van der Waals surface area contributed by atoms with Gasteiger partial charge in [0, 0.05) is 50.4 Å². The maximum Gasteiger partial charge on any atom is 0.417 e. The lowest BCUT2D eigenvalue weighted by Crippen LogP contribution is -2.40. The second-order valence-corrected chi connectivity index (χ2v) is 9.09. The minimum Gasteiger partial charge on any atom is -0.355 e. The van der Waals surface area contributed by atoms with Crippen LogP contribution in [0.1, 0.15) is 43.2 Å². The van der Waals surface area contributed by atoms with Crippen molar-refractivity contribution in [1.29, 1.82) is 0 Å². The van der Waals surface area contributed by atoms with Crippen LogP contribution in [-0.4, -0.2) is 36.4 Å². The highest BCUT2D eigenvalue weighted by Crippen LogP contribution is 2.34. The molecule has 0 unspecified atom stereocenters. The van der Waals surface area contributed by atoms with Crippen LogP contribution < -0.4 is 15.1 Å². The summed E-state index contributed by atoms with van der Waals surface area (Å²) in [6.45, 7) is 2.03. The lowest BCUT2D eigenvalue weighted by atomic mass is 9.95. The Hall–Kier alpha value is -2.81. The number of halogens is 4. The van der Waals surface area contributed by atoms with Gasteiger partial charge in [0.2, 0.25) is 11.8 Å². The summed E-state index contributed by atoms with van der Waals surface area (Å²) in [7, 11) is 0. The quantitative estimate of drug-likeness (QED) is 0.648. The third-order valence-electron chi connectivity index (χ3n) is 6.33. The number of piperidine rings is 2. The lowest BCUT2D eigenvalue weighted by molar-refractivity contribution is -0.137. The smallest absolute Gasteiger partial charge is 0.355 e. The number of carbonyl (C=O) groups is 2. The summed E-state index contributed by atoms with van der Waals surface area (Å²) in [6.07, 6.45) is -0.147. The molecule has 2 aliphatic rings. The van der Waals surface area contributed by atoms with Crippen molar-refractivity contribution in [2.45, 2.75) is 44.8 Å². The van der Waals surface area contributed by atoms with E-state index < -0.39 is 11.7 Å². The maximum absolute atomic E-state index is 12.8. The van der Waals surface area contributed by atoms with Gasteiger partial charge >= 0.3 is 6.18 Å². The van der Waals surface area contributed by atoms with Crippen LogP contribution >= 0.6 is 11.6 Å². The topological polar surface area (TPSA) is 65.5 Å². The van der Waals surface area contributed by atoms with Crippen molar-refractivity contribution < 1.29 is 22.8 Å². The molecule has 2 saturated heterocycles. The first-order valence-corrected chi connectivity index (χ1v) is 11.7. The molecule has 2 aliphatic heterocycles. The zero-order valence-corrected chi connectivity index (χ0v) is 19.3. The zero-order valence-electron chi connectivity index (χ0n) is 18.6. The van der Waals surface area contributed by atoms with Gasteiger partial charge in [-0.1, -0.05) is 23.7 Å². The minimum atomic E-state index is -4.50. The van der Waals surface area contributed by atoms with E-state index in [4.69, 9.17) is 11.6 Å². The predicted molar refractivity (Wildman–Crippen MR) is 124 cm³/mol. The van der Waals surface area contributed by atoms with Gasteiger partial charge in [-0.25, -0.2) is 4.98 Å². The number of benzene rings is 1. The number of amides is 2. The molecule has 0 bridgehead atoms. The molecular formula is C24H26ClF3N4O2. The molecule has 0 spiro atoms. The third-order valence-corrected chi connectivity index (χ3v) is 6.60. The van der Waals surface area contributed by atoms with Crippen molar-refractivity contribution in [3.63, 3.8) is 0 Å². The SMILES string of the molecule is O=C(NCc1cccc(N2CCCCC2=O)c1)C1CCN(c2ncc(C(F)(F)F)cc2Cl)CC1. The van der Waals surface area contributed by atoms with E-state index in [1.165, 1.54) is 0 Å². The first-order chi connectivity index (χ1) is 16.2.